The monoisotopic (exact) mass is 388 g/mol. The molecule has 0 radical (unpaired) electrons. The average molecular weight is 390 g/mol. The fraction of sp³-hybridized carbons (Fsp3) is 0.0714. The number of amidine groups is 1. The maximum atomic E-state index is 13.6. The molecule has 2 rings (SSSR count). The molecule has 0 aromatic heterocycles. The number of benzene rings is 2. The van der Waals surface area contributed by atoms with E-state index in [4.69, 9.17) is 27.5 Å². The number of nitrogens with two attached hydrogens (primary N) is 1. The van der Waals surface area contributed by atoms with Gasteiger partial charge in [-0.25, -0.2) is 4.39 Å². The Hall–Kier alpha value is -1.24. The van der Waals surface area contributed by atoms with E-state index in [-0.39, 0.29) is 16.6 Å². The first kappa shape index (κ1) is 16.1. The number of halogens is 3. The lowest BCUT2D eigenvalue weighted by atomic mass is 10.2. The molecular weight excluding hydrogens is 379 g/mol. The standard InChI is InChI=1S/C14H11BrClFN2OS/c1-21-12-4-2-3-10(13(12)14(18)19)20-11-6-9(17)8(16)5-7(11)15/h2-6H,1H3,(H3,18,19). The molecule has 0 unspecified atom stereocenters. The summed E-state index contributed by atoms with van der Waals surface area (Å²) in [5, 5.41) is 7.69. The molecule has 110 valence electrons. The van der Waals surface area contributed by atoms with E-state index >= 15 is 0 Å². The summed E-state index contributed by atoms with van der Waals surface area (Å²) in [6, 6.07) is 7.90. The van der Waals surface area contributed by atoms with Gasteiger partial charge in [-0.15, -0.1) is 11.8 Å². The molecule has 0 amide bonds. The summed E-state index contributed by atoms with van der Waals surface area (Å²) < 4.78 is 19.8. The van der Waals surface area contributed by atoms with Gasteiger partial charge in [0.25, 0.3) is 0 Å². The van der Waals surface area contributed by atoms with E-state index in [9.17, 15) is 4.39 Å². The summed E-state index contributed by atoms with van der Waals surface area (Å²) in [6.07, 6.45) is 1.88. The molecule has 3 nitrogen and oxygen atoms in total. The molecule has 7 heteroatoms. The Morgan fingerprint density at radius 1 is 1.38 bits per heavy atom. The van der Waals surface area contributed by atoms with Crippen molar-refractivity contribution in [2.75, 3.05) is 6.26 Å². The van der Waals surface area contributed by atoms with Crippen molar-refractivity contribution >= 4 is 45.1 Å². The third-order valence-electron chi connectivity index (χ3n) is 2.67. The van der Waals surface area contributed by atoms with E-state index < -0.39 is 5.82 Å². The molecule has 0 atom stereocenters. The molecule has 0 spiro atoms. The van der Waals surface area contributed by atoms with Crippen LogP contribution in [0.1, 0.15) is 5.56 Å². The molecule has 0 aliphatic carbocycles. The van der Waals surface area contributed by atoms with E-state index in [1.54, 1.807) is 12.1 Å². The normalized spacial score (nSPS) is 10.5. The van der Waals surface area contributed by atoms with Crippen LogP contribution in [0.2, 0.25) is 5.02 Å². The Morgan fingerprint density at radius 2 is 2.10 bits per heavy atom. The minimum Gasteiger partial charge on any atom is -0.455 e. The van der Waals surface area contributed by atoms with Crippen LogP contribution in [-0.2, 0) is 0 Å². The zero-order chi connectivity index (χ0) is 15.6. The van der Waals surface area contributed by atoms with Crippen LogP contribution in [0.4, 0.5) is 4.39 Å². The van der Waals surface area contributed by atoms with Crippen molar-refractivity contribution in [3.05, 3.63) is 51.2 Å². The van der Waals surface area contributed by atoms with Crippen LogP contribution >= 0.6 is 39.3 Å². The van der Waals surface area contributed by atoms with Gasteiger partial charge in [0.2, 0.25) is 0 Å². The highest BCUT2D eigenvalue weighted by Crippen LogP contribution is 2.37. The van der Waals surface area contributed by atoms with Crippen molar-refractivity contribution < 1.29 is 9.13 Å². The SMILES string of the molecule is CSc1cccc(Oc2cc(F)c(Cl)cc2Br)c1C(=N)N. The van der Waals surface area contributed by atoms with Crippen molar-refractivity contribution in [1.29, 1.82) is 5.41 Å². The largest absolute Gasteiger partial charge is 0.455 e. The first-order valence-corrected chi connectivity index (χ1v) is 8.17. The Bertz CT molecular complexity index is 712. The van der Waals surface area contributed by atoms with E-state index in [2.05, 4.69) is 15.9 Å². The molecule has 0 saturated heterocycles. The molecule has 2 aromatic carbocycles. The molecule has 0 saturated carbocycles. The first-order valence-electron chi connectivity index (χ1n) is 5.77. The zero-order valence-corrected chi connectivity index (χ0v) is 14.1. The predicted molar refractivity (Wildman–Crippen MR) is 88.4 cm³/mol. The smallest absolute Gasteiger partial charge is 0.145 e. The van der Waals surface area contributed by atoms with Crippen LogP contribution in [0.3, 0.4) is 0 Å². The van der Waals surface area contributed by atoms with Crippen LogP contribution in [-0.4, -0.2) is 12.1 Å². The van der Waals surface area contributed by atoms with E-state index in [0.717, 1.165) is 4.90 Å². The highest BCUT2D eigenvalue weighted by Gasteiger charge is 2.15. The second-order valence-electron chi connectivity index (χ2n) is 4.05. The molecule has 2 aromatic rings. The van der Waals surface area contributed by atoms with E-state index in [0.29, 0.717) is 15.8 Å². The van der Waals surface area contributed by atoms with Crippen molar-refractivity contribution in [2.45, 2.75) is 4.90 Å². The maximum absolute atomic E-state index is 13.6. The van der Waals surface area contributed by atoms with Gasteiger partial charge in [0.1, 0.15) is 23.2 Å². The summed E-state index contributed by atoms with van der Waals surface area (Å²) in [7, 11) is 0. The molecule has 0 heterocycles. The van der Waals surface area contributed by atoms with Gasteiger partial charge >= 0.3 is 0 Å². The average Bonchev–Trinajstić information content (AvgIpc) is 2.44. The number of thioether (sulfide) groups is 1. The summed E-state index contributed by atoms with van der Waals surface area (Å²) in [5.41, 5.74) is 6.10. The van der Waals surface area contributed by atoms with Crippen molar-refractivity contribution in [3.63, 3.8) is 0 Å². The van der Waals surface area contributed by atoms with Gasteiger partial charge in [0.05, 0.1) is 15.1 Å². The fourth-order valence-electron chi connectivity index (χ4n) is 1.73. The van der Waals surface area contributed by atoms with Gasteiger partial charge in [0, 0.05) is 11.0 Å². The third-order valence-corrected chi connectivity index (χ3v) is 4.36. The minimum atomic E-state index is -0.583. The van der Waals surface area contributed by atoms with Crippen LogP contribution in [0, 0.1) is 11.2 Å². The summed E-state index contributed by atoms with van der Waals surface area (Å²) in [4.78, 5) is 0.811. The summed E-state index contributed by atoms with van der Waals surface area (Å²) >= 11 is 10.4. The quantitative estimate of drug-likeness (QED) is 0.333. The number of rotatable bonds is 4. The predicted octanol–water partition coefficient (Wildman–Crippen LogP) is 5.04. The van der Waals surface area contributed by atoms with Gasteiger partial charge in [-0.05, 0) is 40.4 Å². The molecule has 0 aliphatic rings. The van der Waals surface area contributed by atoms with Crippen molar-refractivity contribution in [3.8, 4) is 11.5 Å². The highest BCUT2D eigenvalue weighted by molar-refractivity contribution is 9.10. The van der Waals surface area contributed by atoms with Gasteiger partial charge in [0.15, 0.2) is 0 Å². The Morgan fingerprint density at radius 3 is 2.71 bits per heavy atom. The second kappa shape index (κ2) is 6.68. The van der Waals surface area contributed by atoms with Crippen molar-refractivity contribution in [1.82, 2.24) is 0 Å². The lowest BCUT2D eigenvalue weighted by molar-refractivity contribution is 0.471. The Balaban J connectivity index is 2.49. The number of ether oxygens (including phenoxy) is 1. The van der Waals surface area contributed by atoms with Gasteiger partial charge in [-0.1, -0.05) is 17.7 Å². The van der Waals surface area contributed by atoms with Gasteiger partial charge in [-0.2, -0.15) is 0 Å². The third kappa shape index (κ3) is 3.51. The van der Waals surface area contributed by atoms with Crippen molar-refractivity contribution in [2.24, 2.45) is 5.73 Å². The molecule has 0 aliphatic heterocycles. The van der Waals surface area contributed by atoms with Crippen LogP contribution in [0.15, 0.2) is 39.7 Å². The lowest BCUT2D eigenvalue weighted by Gasteiger charge is -2.14. The summed E-state index contributed by atoms with van der Waals surface area (Å²) in [5.74, 6) is -0.0461. The number of nitrogen functional groups attached to an aromatic ring is 1. The Labute approximate surface area is 139 Å². The maximum Gasteiger partial charge on any atom is 0.145 e. The van der Waals surface area contributed by atoms with E-state index in [1.165, 1.54) is 23.9 Å². The second-order valence-corrected chi connectivity index (χ2v) is 6.16. The molecule has 21 heavy (non-hydrogen) atoms. The lowest BCUT2D eigenvalue weighted by Crippen LogP contribution is -2.13. The minimum absolute atomic E-state index is 0.00104. The van der Waals surface area contributed by atoms with Crippen LogP contribution in [0.25, 0.3) is 0 Å². The first-order chi connectivity index (χ1) is 9.93. The zero-order valence-electron chi connectivity index (χ0n) is 10.9. The summed E-state index contributed by atoms with van der Waals surface area (Å²) in [6.45, 7) is 0. The Kier molecular flexibility index (Phi) is 5.13. The van der Waals surface area contributed by atoms with E-state index in [1.807, 2.05) is 12.3 Å². The number of hydrogen-bond acceptors (Lipinski definition) is 3. The molecule has 0 fully saturated rings. The molecule has 0 bridgehead atoms. The number of hydrogen-bond donors (Lipinski definition) is 2. The highest BCUT2D eigenvalue weighted by atomic mass is 79.9. The van der Waals surface area contributed by atoms with Gasteiger partial charge in [-0.3, -0.25) is 5.41 Å². The molecule has 3 N–H and O–H groups in total. The topological polar surface area (TPSA) is 59.1 Å². The van der Waals surface area contributed by atoms with Crippen LogP contribution in [0.5, 0.6) is 11.5 Å². The van der Waals surface area contributed by atoms with Crippen LogP contribution < -0.4 is 10.5 Å². The fourth-order valence-corrected chi connectivity index (χ4v) is 3.08. The molecular formula is C14H11BrClFN2OS. The number of nitrogens with one attached hydrogen (secondary N) is 1. The van der Waals surface area contributed by atoms with Gasteiger partial charge < -0.3 is 10.5 Å².